The van der Waals surface area contributed by atoms with E-state index >= 15 is 0 Å². The summed E-state index contributed by atoms with van der Waals surface area (Å²) in [6.45, 7) is 1.76. The van der Waals surface area contributed by atoms with Crippen LogP contribution in [0.1, 0.15) is 39.0 Å². The van der Waals surface area contributed by atoms with Gasteiger partial charge in [-0.25, -0.2) is 0 Å². The average Bonchev–Trinajstić information content (AvgIpc) is 2.01. The zero-order valence-electron chi connectivity index (χ0n) is 7.55. The number of aliphatic carboxylic acids is 1. The monoisotopic (exact) mass is 175 g/mol. The van der Waals surface area contributed by atoms with E-state index in [9.17, 15) is 9.18 Å². The van der Waals surface area contributed by atoms with E-state index < -0.39 is 5.97 Å². The molecule has 0 aromatic rings. The molecule has 0 radical (unpaired) electrons. The fraction of sp³-hybridized carbons (Fsp3) is 0.889. The lowest BCUT2D eigenvalue weighted by atomic mass is 9.99. The SMILES string of the molecule is CC(CCCC[18F])CCC(=O)O. The molecular weight excluding hydrogens is 158 g/mol. The van der Waals surface area contributed by atoms with Gasteiger partial charge in [-0.05, 0) is 18.8 Å². The van der Waals surface area contributed by atoms with Gasteiger partial charge in [0.15, 0.2) is 0 Å². The molecule has 12 heavy (non-hydrogen) atoms. The van der Waals surface area contributed by atoms with Crippen molar-refractivity contribution in [3.8, 4) is 0 Å². The van der Waals surface area contributed by atoms with Gasteiger partial charge < -0.3 is 5.11 Å². The first-order valence-electron chi connectivity index (χ1n) is 4.44. The van der Waals surface area contributed by atoms with Gasteiger partial charge in [0.2, 0.25) is 0 Å². The van der Waals surface area contributed by atoms with Crippen molar-refractivity contribution in [1.82, 2.24) is 0 Å². The van der Waals surface area contributed by atoms with Crippen LogP contribution in [0.4, 0.5) is 4.39 Å². The largest absolute Gasteiger partial charge is 0.481 e. The second kappa shape index (κ2) is 7.07. The molecule has 1 N–H and O–H groups in total. The average molecular weight is 175 g/mol. The zero-order valence-corrected chi connectivity index (χ0v) is 7.55. The predicted octanol–water partition coefficient (Wildman–Crippen LogP) is 2.63. The molecule has 0 saturated heterocycles. The van der Waals surface area contributed by atoms with Gasteiger partial charge in [-0.15, -0.1) is 0 Å². The molecule has 0 aliphatic rings. The molecule has 0 amide bonds. The van der Waals surface area contributed by atoms with Crippen LogP contribution < -0.4 is 0 Å². The molecule has 0 aromatic heterocycles. The number of rotatable bonds is 7. The molecule has 2 nitrogen and oxygen atoms in total. The summed E-state index contributed by atoms with van der Waals surface area (Å²) < 4.78 is 11.7. The van der Waals surface area contributed by atoms with Crippen molar-refractivity contribution >= 4 is 5.97 Å². The van der Waals surface area contributed by atoms with E-state index in [1.54, 1.807) is 0 Å². The highest BCUT2D eigenvalue weighted by molar-refractivity contribution is 5.66. The number of alkyl halides is 1. The first-order chi connectivity index (χ1) is 5.66. The van der Waals surface area contributed by atoms with Crippen molar-refractivity contribution in [2.75, 3.05) is 6.67 Å². The minimum absolute atomic E-state index is 0.233. The molecule has 0 saturated carbocycles. The van der Waals surface area contributed by atoms with E-state index in [-0.39, 0.29) is 13.1 Å². The van der Waals surface area contributed by atoms with Crippen LogP contribution >= 0.6 is 0 Å². The van der Waals surface area contributed by atoms with E-state index in [2.05, 4.69) is 0 Å². The number of carbonyl (C=O) groups is 1. The van der Waals surface area contributed by atoms with Crippen LogP contribution in [0.15, 0.2) is 0 Å². The Bertz CT molecular complexity index is 126. The highest BCUT2D eigenvalue weighted by atomic mass is 18.2. The summed E-state index contributed by atoms with van der Waals surface area (Å²) >= 11 is 0. The van der Waals surface area contributed by atoms with Crippen LogP contribution in [-0.4, -0.2) is 17.8 Å². The second-order valence-corrected chi connectivity index (χ2v) is 3.22. The summed E-state index contributed by atoms with van der Waals surface area (Å²) in [7, 11) is 0. The quantitative estimate of drug-likeness (QED) is 0.604. The molecular formula is C9H17FO2. The Morgan fingerprint density at radius 2 is 2.08 bits per heavy atom. The van der Waals surface area contributed by atoms with E-state index in [1.807, 2.05) is 6.92 Å². The number of carboxylic acids is 1. The summed E-state index contributed by atoms with van der Waals surface area (Å²) in [5.74, 6) is -0.333. The van der Waals surface area contributed by atoms with Crippen LogP contribution in [0, 0.1) is 5.92 Å². The molecule has 0 rings (SSSR count). The van der Waals surface area contributed by atoms with Crippen LogP contribution in [0.5, 0.6) is 0 Å². The Morgan fingerprint density at radius 3 is 2.58 bits per heavy atom. The first-order valence-corrected chi connectivity index (χ1v) is 4.44. The molecule has 0 spiro atoms. The summed E-state index contributed by atoms with van der Waals surface area (Å²) in [6.07, 6.45) is 3.37. The van der Waals surface area contributed by atoms with Crippen LogP contribution in [-0.2, 0) is 4.79 Å². The molecule has 0 fully saturated rings. The van der Waals surface area contributed by atoms with Crippen molar-refractivity contribution in [2.45, 2.75) is 39.0 Å². The number of halogens is 1. The Hall–Kier alpha value is -0.600. The van der Waals surface area contributed by atoms with Crippen molar-refractivity contribution in [3.05, 3.63) is 0 Å². The molecule has 1 atom stereocenters. The van der Waals surface area contributed by atoms with Gasteiger partial charge in [-0.3, -0.25) is 9.18 Å². The smallest absolute Gasteiger partial charge is 0.303 e. The Labute approximate surface area is 72.8 Å². The lowest BCUT2D eigenvalue weighted by molar-refractivity contribution is -0.137. The highest BCUT2D eigenvalue weighted by Gasteiger charge is 2.04. The van der Waals surface area contributed by atoms with Crippen LogP contribution in [0.2, 0.25) is 0 Å². The fourth-order valence-electron chi connectivity index (χ4n) is 1.10. The normalized spacial score (nSPS) is 12.8. The molecule has 0 heterocycles. The molecule has 0 aliphatic heterocycles. The lowest BCUT2D eigenvalue weighted by Gasteiger charge is -2.07. The zero-order chi connectivity index (χ0) is 9.40. The maximum atomic E-state index is 11.7. The third-order valence-electron chi connectivity index (χ3n) is 1.93. The number of unbranched alkanes of at least 4 members (excludes halogenated alkanes) is 1. The summed E-state index contributed by atoms with van der Waals surface area (Å²) in [5.41, 5.74) is 0. The summed E-state index contributed by atoms with van der Waals surface area (Å²) in [6, 6.07) is 0. The van der Waals surface area contributed by atoms with Crippen molar-refractivity contribution in [2.24, 2.45) is 5.92 Å². The molecule has 0 aliphatic carbocycles. The number of hydrogen-bond donors (Lipinski definition) is 1. The highest BCUT2D eigenvalue weighted by Crippen LogP contribution is 2.13. The van der Waals surface area contributed by atoms with Crippen molar-refractivity contribution < 1.29 is 14.3 Å². The van der Waals surface area contributed by atoms with Gasteiger partial charge >= 0.3 is 5.97 Å². The molecule has 3 heteroatoms. The molecule has 72 valence electrons. The second-order valence-electron chi connectivity index (χ2n) is 3.22. The summed E-state index contributed by atoms with van der Waals surface area (Å²) in [4.78, 5) is 10.2. The minimum Gasteiger partial charge on any atom is -0.481 e. The van der Waals surface area contributed by atoms with Gasteiger partial charge in [0.25, 0.3) is 0 Å². The van der Waals surface area contributed by atoms with Gasteiger partial charge in [-0.1, -0.05) is 19.8 Å². The Kier molecular flexibility index (Phi) is 6.72. The maximum Gasteiger partial charge on any atom is 0.303 e. The topological polar surface area (TPSA) is 37.3 Å². The van der Waals surface area contributed by atoms with Gasteiger partial charge in [-0.2, -0.15) is 0 Å². The third kappa shape index (κ3) is 7.51. The van der Waals surface area contributed by atoms with E-state index in [0.717, 1.165) is 12.8 Å². The maximum absolute atomic E-state index is 11.7. The standard InChI is InChI=1S/C9H17FO2/c1-8(4-2-3-7-10)5-6-9(11)12/h8H,2-7H2,1H3,(H,11,12)/i10-1. The fourth-order valence-corrected chi connectivity index (χ4v) is 1.10. The molecule has 1 unspecified atom stereocenters. The van der Waals surface area contributed by atoms with Crippen LogP contribution in [0.25, 0.3) is 0 Å². The molecule has 0 bridgehead atoms. The van der Waals surface area contributed by atoms with E-state index in [1.165, 1.54) is 0 Å². The Balaban J connectivity index is 3.21. The van der Waals surface area contributed by atoms with Gasteiger partial charge in [0.05, 0.1) is 6.67 Å². The lowest BCUT2D eigenvalue weighted by Crippen LogP contribution is -2.01. The van der Waals surface area contributed by atoms with Crippen LogP contribution in [0.3, 0.4) is 0 Å². The predicted molar refractivity (Wildman–Crippen MR) is 45.9 cm³/mol. The third-order valence-corrected chi connectivity index (χ3v) is 1.93. The van der Waals surface area contributed by atoms with E-state index in [4.69, 9.17) is 5.11 Å². The van der Waals surface area contributed by atoms with Crippen molar-refractivity contribution in [1.29, 1.82) is 0 Å². The number of carboxylic acid groups (broad SMARTS) is 1. The van der Waals surface area contributed by atoms with E-state index in [0.29, 0.717) is 18.8 Å². The molecule has 0 aromatic carbocycles. The van der Waals surface area contributed by atoms with Gasteiger partial charge in [0.1, 0.15) is 0 Å². The summed E-state index contributed by atoms with van der Waals surface area (Å²) in [5, 5.41) is 8.37. The first kappa shape index (κ1) is 11.4. The Morgan fingerprint density at radius 1 is 1.42 bits per heavy atom. The minimum atomic E-state index is -0.743. The number of hydrogen-bond acceptors (Lipinski definition) is 1. The van der Waals surface area contributed by atoms with Crippen molar-refractivity contribution in [3.63, 3.8) is 0 Å². The van der Waals surface area contributed by atoms with Gasteiger partial charge in [0, 0.05) is 6.42 Å².